The molecular formula is C8H18N4. The summed E-state index contributed by atoms with van der Waals surface area (Å²) in [5.74, 6) is 0.196. The highest BCUT2D eigenvalue weighted by atomic mass is 15.2. The van der Waals surface area contributed by atoms with E-state index in [1.807, 2.05) is 6.92 Å². The van der Waals surface area contributed by atoms with Crippen molar-refractivity contribution in [2.24, 2.45) is 16.5 Å². The normalized spacial score (nSPS) is 20.8. The molecule has 0 radical (unpaired) electrons. The fourth-order valence-corrected chi connectivity index (χ4v) is 1.63. The Bertz CT molecular complexity index is 156. The summed E-state index contributed by atoms with van der Waals surface area (Å²) in [5.41, 5.74) is 10.6. The molecule has 1 atom stereocenters. The third kappa shape index (κ3) is 3.09. The Hall–Kier alpha value is -0.770. The first-order valence-corrected chi connectivity index (χ1v) is 4.49. The number of hydrogen-bond acceptors (Lipinski definition) is 2. The van der Waals surface area contributed by atoms with Gasteiger partial charge in [0, 0.05) is 6.54 Å². The Kier molecular flexibility index (Phi) is 3.34. The van der Waals surface area contributed by atoms with Crippen LogP contribution in [0.25, 0.3) is 0 Å². The van der Waals surface area contributed by atoms with Gasteiger partial charge in [0.05, 0.1) is 6.04 Å². The first-order valence-electron chi connectivity index (χ1n) is 4.49. The molecule has 1 rings (SSSR count). The van der Waals surface area contributed by atoms with Crippen molar-refractivity contribution in [3.05, 3.63) is 0 Å². The largest absolute Gasteiger partial charge is 0.370 e. The molecule has 1 saturated heterocycles. The Morgan fingerprint density at radius 1 is 1.42 bits per heavy atom. The van der Waals surface area contributed by atoms with E-state index in [0.29, 0.717) is 0 Å². The molecule has 0 aliphatic carbocycles. The van der Waals surface area contributed by atoms with Crippen molar-refractivity contribution < 1.29 is 0 Å². The molecular weight excluding hydrogens is 152 g/mol. The Morgan fingerprint density at radius 3 is 2.50 bits per heavy atom. The van der Waals surface area contributed by atoms with Gasteiger partial charge < -0.3 is 16.4 Å². The minimum atomic E-state index is 0.196. The van der Waals surface area contributed by atoms with E-state index < -0.39 is 0 Å². The Labute approximate surface area is 73.6 Å². The molecule has 0 bridgehead atoms. The summed E-state index contributed by atoms with van der Waals surface area (Å²) >= 11 is 0. The highest BCUT2D eigenvalue weighted by Gasteiger charge is 2.13. The number of guanidine groups is 1. The molecule has 0 spiro atoms. The Morgan fingerprint density at radius 2 is 2.00 bits per heavy atom. The van der Waals surface area contributed by atoms with Crippen LogP contribution in [0, 0.1) is 0 Å². The van der Waals surface area contributed by atoms with Gasteiger partial charge in [0.15, 0.2) is 5.96 Å². The van der Waals surface area contributed by atoms with Crippen molar-refractivity contribution in [2.75, 3.05) is 19.6 Å². The fourth-order valence-electron chi connectivity index (χ4n) is 1.63. The number of hydrogen-bond donors (Lipinski definition) is 2. The second-order valence-corrected chi connectivity index (χ2v) is 3.41. The van der Waals surface area contributed by atoms with Gasteiger partial charge in [-0.05, 0) is 32.9 Å². The van der Waals surface area contributed by atoms with Crippen molar-refractivity contribution >= 4 is 5.96 Å². The summed E-state index contributed by atoms with van der Waals surface area (Å²) in [4.78, 5) is 6.47. The maximum atomic E-state index is 5.28. The van der Waals surface area contributed by atoms with Crippen LogP contribution in [-0.4, -0.2) is 36.5 Å². The lowest BCUT2D eigenvalue weighted by Gasteiger charge is -2.17. The summed E-state index contributed by atoms with van der Waals surface area (Å²) in [7, 11) is 0. The number of likely N-dealkylation sites (tertiary alicyclic amines) is 1. The molecule has 1 aliphatic heterocycles. The van der Waals surface area contributed by atoms with Crippen molar-refractivity contribution in [1.82, 2.24) is 4.90 Å². The third-order valence-corrected chi connectivity index (χ3v) is 2.09. The zero-order valence-corrected chi connectivity index (χ0v) is 7.66. The van der Waals surface area contributed by atoms with Gasteiger partial charge in [-0.25, -0.2) is 4.99 Å². The molecule has 4 heteroatoms. The lowest BCUT2D eigenvalue weighted by Crippen LogP contribution is -2.31. The van der Waals surface area contributed by atoms with E-state index in [0.717, 1.165) is 6.54 Å². The zero-order valence-electron chi connectivity index (χ0n) is 7.66. The van der Waals surface area contributed by atoms with Crippen LogP contribution in [0.5, 0.6) is 0 Å². The lowest BCUT2D eigenvalue weighted by atomic mass is 10.3. The van der Waals surface area contributed by atoms with Crippen molar-refractivity contribution in [2.45, 2.75) is 25.8 Å². The third-order valence-electron chi connectivity index (χ3n) is 2.09. The molecule has 1 aliphatic rings. The SMILES string of the molecule is CC(CN1CCCC1)N=C(N)N. The van der Waals surface area contributed by atoms with Crippen LogP contribution in [0.15, 0.2) is 4.99 Å². The number of nitrogens with zero attached hydrogens (tertiary/aromatic N) is 2. The van der Waals surface area contributed by atoms with E-state index in [-0.39, 0.29) is 12.0 Å². The average molecular weight is 170 g/mol. The maximum absolute atomic E-state index is 5.28. The number of aliphatic imine (C=N–C) groups is 1. The van der Waals surface area contributed by atoms with Crippen LogP contribution >= 0.6 is 0 Å². The predicted octanol–water partition coefficient (Wildman–Crippen LogP) is -0.256. The second-order valence-electron chi connectivity index (χ2n) is 3.41. The zero-order chi connectivity index (χ0) is 8.97. The van der Waals surface area contributed by atoms with E-state index in [1.54, 1.807) is 0 Å². The molecule has 0 aromatic rings. The molecule has 0 aromatic heterocycles. The van der Waals surface area contributed by atoms with Gasteiger partial charge in [0.1, 0.15) is 0 Å². The van der Waals surface area contributed by atoms with Crippen molar-refractivity contribution in [3.8, 4) is 0 Å². The Balaban J connectivity index is 2.25. The van der Waals surface area contributed by atoms with Crippen LogP contribution in [0.4, 0.5) is 0 Å². The minimum absolute atomic E-state index is 0.196. The smallest absolute Gasteiger partial charge is 0.186 e. The molecule has 12 heavy (non-hydrogen) atoms. The van der Waals surface area contributed by atoms with Crippen LogP contribution in [0.3, 0.4) is 0 Å². The first-order chi connectivity index (χ1) is 5.68. The molecule has 4 nitrogen and oxygen atoms in total. The van der Waals surface area contributed by atoms with Crippen LogP contribution in [0.2, 0.25) is 0 Å². The molecule has 0 saturated carbocycles. The lowest BCUT2D eigenvalue weighted by molar-refractivity contribution is 0.321. The van der Waals surface area contributed by atoms with Gasteiger partial charge in [-0.3, -0.25) is 0 Å². The molecule has 4 N–H and O–H groups in total. The van der Waals surface area contributed by atoms with Crippen LogP contribution in [0.1, 0.15) is 19.8 Å². The maximum Gasteiger partial charge on any atom is 0.186 e. The van der Waals surface area contributed by atoms with E-state index >= 15 is 0 Å². The second kappa shape index (κ2) is 4.30. The monoisotopic (exact) mass is 170 g/mol. The summed E-state index contributed by atoms with van der Waals surface area (Å²) in [6.07, 6.45) is 2.63. The number of rotatable bonds is 3. The summed E-state index contributed by atoms with van der Waals surface area (Å²) < 4.78 is 0. The first kappa shape index (κ1) is 9.32. The predicted molar refractivity (Wildman–Crippen MR) is 50.9 cm³/mol. The average Bonchev–Trinajstić information content (AvgIpc) is 2.37. The highest BCUT2D eigenvalue weighted by Crippen LogP contribution is 2.08. The van der Waals surface area contributed by atoms with Gasteiger partial charge in [-0.1, -0.05) is 0 Å². The van der Waals surface area contributed by atoms with Crippen LogP contribution in [-0.2, 0) is 0 Å². The van der Waals surface area contributed by atoms with E-state index in [2.05, 4.69) is 9.89 Å². The van der Waals surface area contributed by atoms with Gasteiger partial charge in [0.2, 0.25) is 0 Å². The van der Waals surface area contributed by atoms with Gasteiger partial charge >= 0.3 is 0 Å². The van der Waals surface area contributed by atoms with Crippen molar-refractivity contribution in [3.63, 3.8) is 0 Å². The topological polar surface area (TPSA) is 67.6 Å². The van der Waals surface area contributed by atoms with Crippen LogP contribution < -0.4 is 11.5 Å². The standard InChI is InChI=1S/C8H18N4/c1-7(11-8(9)10)6-12-4-2-3-5-12/h7H,2-6H2,1H3,(H4,9,10,11). The molecule has 1 fully saturated rings. The summed E-state index contributed by atoms with van der Waals surface area (Å²) in [5, 5.41) is 0. The van der Waals surface area contributed by atoms with Gasteiger partial charge in [-0.15, -0.1) is 0 Å². The van der Waals surface area contributed by atoms with Gasteiger partial charge in [-0.2, -0.15) is 0 Å². The van der Waals surface area contributed by atoms with E-state index in [9.17, 15) is 0 Å². The summed E-state index contributed by atoms with van der Waals surface area (Å²) in [6, 6.07) is 0.230. The molecule has 1 unspecified atom stereocenters. The van der Waals surface area contributed by atoms with E-state index in [4.69, 9.17) is 11.5 Å². The highest BCUT2D eigenvalue weighted by molar-refractivity contribution is 5.75. The van der Waals surface area contributed by atoms with Gasteiger partial charge in [0.25, 0.3) is 0 Å². The molecule has 70 valence electrons. The summed E-state index contributed by atoms with van der Waals surface area (Å²) in [6.45, 7) is 5.42. The molecule has 1 heterocycles. The fraction of sp³-hybridized carbons (Fsp3) is 0.875. The number of nitrogens with two attached hydrogens (primary N) is 2. The van der Waals surface area contributed by atoms with Crippen molar-refractivity contribution in [1.29, 1.82) is 0 Å². The molecule has 0 aromatic carbocycles. The molecule has 0 amide bonds. The minimum Gasteiger partial charge on any atom is -0.370 e. The van der Waals surface area contributed by atoms with E-state index in [1.165, 1.54) is 25.9 Å². The quantitative estimate of drug-likeness (QED) is 0.453.